The lowest BCUT2D eigenvalue weighted by Gasteiger charge is -2.22. The fourth-order valence-electron chi connectivity index (χ4n) is 2.45. The second-order valence-corrected chi connectivity index (χ2v) is 6.62. The number of rotatable bonds is 5. The van der Waals surface area contributed by atoms with Crippen molar-refractivity contribution in [3.05, 3.63) is 76.3 Å². The summed E-state index contributed by atoms with van der Waals surface area (Å²) in [6.45, 7) is 2.31. The number of hydrogen-bond donors (Lipinski definition) is 1. The van der Waals surface area contributed by atoms with Gasteiger partial charge < -0.3 is 10.0 Å². The highest BCUT2D eigenvalue weighted by Gasteiger charge is 2.20. The molecule has 25 heavy (non-hydrogen) atoms. The van der Waals surface area contributed by atoms with Gasteiger partial charge in [-0.15, -0.1) is 11.3 Å². The van der Waals surface area contributed by atoms with Crippen LogP contribution in [0.5, 0.6) is 0 Å². The van der Waals surface area contributed by atoms with Crippen LogP contribution in [-0.2, 0) is 6.54 Å². The molecule has 0 radical (unpaired) electrons. The van der Waals surface area contributed by atoms with Crippen molar-refractivity contribution in [2.24, 2.45) is 0 Å². The predicted molar refractivity (Wildman–Crippen MR) is 97.3 cm³/mol. The van der Waals surface area contributed by atoms with Crippen molar-refractivity contribution in [3.63, 3.8) is 0 Å². The minimum Gasteiger partial charge on any atom is -0.476 e. The molecule has 0 fully saturated rings. The van der Waals surface area contributed by atoms with Gasteiger partial charge in [-0.05, 0) is 36.8 Å². The molecule has 1 heterocycles. The molecule has 1 aromatic heterocycles. The molecule has 6 heteroatoms. The molecule has 124 valence electrons. The molecule has 3 rings (SSSR count). The predicted octanol–water partition coefficient (Wildman–Crippen LogP) is 4.36. The van der Waals surface area contributed by atoms with E-state index in [1.165, 1.54) is 11.3 Å². The first-order valence-electron chi connectivity index (χ1n) is 7.61. The van der Waals surface area contributed by atoms with Gasteiger partial charge >= 0.3 is 5.97 Å². The molecule has 0 saturated carbocycles. The van der Waals surface area contributed by atoms with Crippen molar-refractivity contribution in [2.45, 2.75) is 13.5 Å². The van der Waals surface area contributed by atoms with Gasteiger partial charge in [0.2, 0.25) is 0 Å². The van der Waals surface area contributed by atoms with E-state index < -0.39 is 5.97 Å². The molecular formula is C19H15N3O2S. The van der Waals surface area contributed by atoms with Crippen molar-refractivity contribution in [1.82, 2.24) is 4.98 Å². The lowest BCUT2D eigenvalue weighted by atomic mass is 10.2. The number of nitriles is 1. The molecule has 0 atom stereocenters. The van der Waals surface area contributed by atoms with Crippen LogP contribution in [0, 0.1) is 18.3 Å². The number of aryl methyl sites for hydroxylation is 1. The summed E-state index contributed by atoms with van der Waals surface area (Å²) >= 11 is 1.34. The number of aromatic carboxylic acids is 1. The first-order valence-corrected chi connectivity index (χ1v) is 8.42. The average molecular weight is 349 g/mol. The van der Waals surface area contributed by atoms with E-state index in [2.05, 4.69) is 11.1 Å². The highest BCUT2D eigenvalue weighted by atomic mass is 32.1. The average Bonchev–Trinajstić information content (AvgIpc) is 3.02. The maximum Gasteiger partial charge on any atom is 0.355 e. The van der Waals surface area contributed by atoms with Gasteiger partial charge in [-0.3, -0.25) is 0 Å². The van der Waals surface area contributed by atoms with Crippen molar-refractivity contribution in [3.8, 4) is 6.07 Å². The molecule has 0 amide bonds. The van der Waals surface area contributed by atoms with Crippen molar-refractivity contribution >= 4 is 28.1 Å². The van der Waals surface area contributed by atoms with Crippen LogP contribution >= 0.6 is 11.3 Å². The van der Waals surface area contributed by atoms with Crippen LogP contribution in [0.1, 0.15) is 26.5 Å². The monoisotopic (exact) mass is 349 g/mol. The number of carboxylic acid groups (broad SMARTS) is 1. The Hall–Kier alpha value is -3.17. The van der Waals surface area contributed by atoms with E-state index in [1.54, 1.807) is 19.1 Å². The van der Waals surface area contributed by atoms with Crippen LogP contribution in [0.2, 0.25) is 0 Å². The van der Waals surface area contributed by atoms with Crippen LogP contribution in [0.4, 0.5) is 10.8 Å². The SMILES string of the molecule is Cc1sc(N(Cc2ccccc2)c2ccc(C#N)cc2)nc1C(=O)O. The fraction of sp³-hybridized carbons (Fsp3) is 0.105. The number of aromatic nitrogens is 1. The van der Waals surface area contributed by atoms with E-state index in [9.17, 15) is 9.90 Å². The highest BCUT2D eigenvalue weighted by molar-refractivity contribution is 7.15. The first-order chi connectivity index (χ1) is 12.1. The van der Waals surface area contributed by atoms with Gasteiger partial charge in [-0.1, -0.05) is 30.3 Å². The largest absolute Gasteiger partial charge is 0.476 e. The van der Waals surface area contributed by atoms with Crippen LogP contribution in [0.3, 0.4) is 0 Å². The standard InChI is InChI=1S/C19H15N3O2S/c1-13-17(18(23)24)21-19(25-13)22(12-15-5-3-2-4-6-15)16-9-7-14(11-20)8-10-16/h2-10H,12H2,1H3,(H,23,24). The van der Waals surface area contributed by atoms with E-state index in [0.717, 1.165) is 11.3 Å². The van der Waals surface area contributed by atoms with Gasteiger partial charge in [0.15, 0.2) is 10.8 Å². The molecule has 0 saturated heterocycles. The van der Waals surface area contributed by atoms with Crippen molar-refractivity contribution < 1.29 is 9.90 Å². The van der Waals surface area contributed by atoms with Crippen molar-refractivity contribution in [1.29, 1.82) is 5.26 Å². The molecule has 2 aromatic carbocycles. The molecule has 1 N–H and O–H groups in total. The van der Waals surface area contributed by atoms with Crippen LogP contribution in [0.15, 0.2) is 54.6 Å². The molecule has 0 spiro atoms. The van der Waals surface area contributed by atoms with Crippen LogP contribution < -0.4 is 4.90 Å². The number of carboxylic acids is 1. The number of hydrogen-bond acceptors (Lipinski definition) is 5. The maximum atomic E-state index is 11.3. The number of thiazole rings is 1. The first kappa shape index (κ1) is 16.7. The third-order valence-corrected chi connectivity index (χ3v) is 4.70. The van der Waals surface area contributed by atoms with E-state index in [4.69, 9.17) is 5.26 Å². The molecule has 0 aliphatic carbocycles. The lowest BCUT2D eigenvalue weighted by molar-refractivity contribution is 0.0690. The summed E-state index contributed by atoms with van der Waals surface area (Å²) in [5.74, 6) is -1.03. The van der Waals surface area contributed by atoms with E-state index in [0.29, 0.717) is 22.1 Å². The second kappa shape index (κ2) is 7.16. The third kappa shape index (κ3) is 3.67. The van der Waals surface area contributed by atoms with Gasteiger partial charge in [0, 0.05) is 10.6 Å². The Bertz CT molecular complexity index is 928. The smallest absolute Gasteiger partial charge is 0.355 e. The van der Waals surface area contributed by atoms with Crippen molar-refractivity contribution in [2.75, 3.05) is 4.90 Å². The molecule has 3 aromatic rings. The molecule has 0 aliphatic rings. The zero-order valence-corrected chi connectivity index (χ0v) is 14.3. The lowest BCUT2D eigenvalue weighted by Crippen LogP contribution is -2.16. The Morgan fingerprint density at radius 2 is 1.88 bits per heavy atom. The topological polar surface area (TPSA) is 77.2 Å². The van der Waals surface area contributed by atoms with Gasteiger partial charge in [0.1, 0.15) is 0 Å². The Morgan fingerprint density at radius 3 is 2.44 bits per heavy atom. The van der Waals surface area contributed by atoms with E-state index >= 15 is 0 Å². The summed E-state index contributed by atoms with van der Waals surface area (Å²) < 4.78 is 0. The highest BCUT2D eigenvalue weighted by Crippen LogP contribution is 2.33. The Balaban J connectivity index is 2.03. The number of anilines is 2. The molecular weight excluding hydrogens is 334 g/mol. The maximum absolute atomic E-state index is 11.3. The third-order valence-electron chi connectivity index (χ3n) is 3.71. The van der Waals surface area contributed by atoms with Gasteiger partial charge in [-0.25, -0.2) is 9.78 Å². The Kier molecular flexibility index (Phi) is 4.78. The number of benzene rings is 2. The summed E-state index contributed by atoms with van der Waals surface area (Å²) in [5, 5.41) is 18.9. The Labute approximate surface area is 149 Å². The zero-order valence-electron chi connectivity index (χ0n) is 13.5. The number of nitrogens with zero attached hydrogens (tertiary/aromatic N) is 3. The number of carbonyl (C=O) groups is 1. The minimum atomic E-state index is -1.03. The molecule has 0 unspecified atom stereocenters. The van der Waals surface area contributed by atoms with E-state index in [1.807, 2.05) is 47.4 Å². The summed E-state index contributed by atoms with van der Waals surface area (Å²) in [5.41, 5.74) is 2.58. The van der Waals surface area contributed by atoms with E-state index in [-0.39, 0.29) is 5.69 Å². The normalized spacial score (nSPS) is 10.2. The zero-order chi connectivity index (χ0) is 17.8. The van der Waals surface area contributed by atoms with Gasteiger partial charge in [0.05, 0.1) is 18.2 Å². The molecule has 0 aliphatic heterocycles. The second-order valence-electron chi connectivity index (χ2n) is 5.44. The van der Waals surface area contributed by atoms with Crippen LogP contribution in [0.25, 0.3) is 0 Å². The summed E-state index contributed by atoms with van der Waals surface area (Å²) in [7, 11) is 0. The summed E-state index contributed by atoms with van der Waals surface area (Å²) in [6.07, 6.45) is 0. The molecule has 0 bridgehead atoms. The van der Waals surface area contributed by atoms with Gasteiger partial charge in [0.25, 0.3) is 0 Å². The fourth-order valence-corrected chi connectivity index (χ4v) is 3.37. The summed E-state index contributed by atoms with van der Waals surface area (Å²) in [6, 6.07) is 19.2. The minimum absolute atomic E-state index is 0.0757. The quantitative estimate of drug-likeness (QED) is 0.740. The van der Waals surface area contributed by atoms with Crippen LogP contribution in [-0.4, -0.2) is 16.1 Å². The summed E-state index contributed by atoms with van der Waals surface area (Å²) in [4.78, 5) is 18.3. The molecule has 5 nitrogen and oxygen atoms in total. The Morgan fingerprint density at radius 1 is 1.20 bits per heavy atom. The van der Waals surface area contributed by atoms with Gasteiger partial charge in [-0.2, -0.15) is 5.26 Å².